The number of carbonyl (C=O) groups is 2. The van der Waals surface area contributed by atoms with Crippen LogP contribution in [-0.2, 0) is 19.6 Å². The summed E-state index contributed by atoms with van der Waals surface area (Å²) in [5.74, 6) is -1.80. The van der Waals surface area contributed by atoms with E-state index in [9.17, 15) is 22.4 Å². The molecular formula is C21H23FN2O5S. The fourth-order valence-corrected chi connectivity index (χ4v) is 5.03. The van der Waals surface area contributed by atoms with Gasteiger partial charge in [0.25, 0.3) is 0 Å². The minimum atomic E-state index is -3.91. The number of nitrogens with zero attached hydrogens (tertiary/aromatic N) is 1. The highest BCUT2D eigenvalue weighted by Gasteiger charge is 2.34. The van der Waals surface area contributed by atoms with Crippen molar-refractivity contribution in [2.75, 3.05) is 25.5 Å². The Hall–Kier alpha value is -2.78. The lowest BCUT2D eigenvalue weighted by Gasteiger charge is -2.31. The van der Waals surface area contributed by atoms with E-state index >= 15 is 0 Å². The molecule has 0 saturated carbocycles. The van der Waals surface area contributed by atoms with Crippen LogP contribution < -0.4 is 5.32 Å². The summed E-state index contributed by atoms with van der Waals surface area (Å²) in [4.78, 5) is 24.3. The average Bonchev–Trinajstić information content (AvgIpc) is 2.75. The Morgan fingerprint density at radius 1 is 1.13 bits per heavy atom. The number of amides is 1. The number of hydrogen-bond donors (Lipinski definition) is 1. The highest BCUT2D eigenvalue weighted by molar-refractivity contribution is 7.89. The van der Waals surface area contributed by atoms with Gasteiger partial charge in [-0.15, -0.1) is 0 Å². The molecular weight excluding hydrogens is 411 g/mol. The second-order valence-electron chi connectivity index (χ2n) is 7.12. The van der Waals surface area contributed by atoms with E-state index in [0.717, 1.165) is 0 Å². The number of carbonyl (C=O) groups excluding carboxylic acids is 2. The maximum absolute atomic E-state index is 13.7. The van der Waals surface area contributed by atoms with E-state index in [1.54, 1.807) is 31.2 Å². The number of ether oxygens (including phenoxy) is 1. The molecule has 1 heterocycles. The molecule has 1 fully saturated rings. The first-order chi connectivity index (χ1) is 14.2. The SMILES string of the molecule is COC(=O)c1ccccc1S(=O)(=O)N1CCC(C(=O)Nc2ccc(C)c(F)c2)CC1. The number of nitrogens with one attached hydrogen (secondary N) is 1. The van der Waals surface area contributed by atoms with Gasteiger partial charge in [0.05, 0.1) is 17.6 Å². The molecule has 9 heteroatoms. The Kier molecular flexibility index (Phi) is 6.52. The Morgan fingerprint density at radius 3 is 2.43 bits per heavy atom. The summed E-state index contributed by atoms with van der Waals surface area (Å²) in [7, 11) is -2.72. The standard InChI is InChI=1S/C21H23FN2O5S/c1-14-7-8-16(13-18(14)22)23-20(25)15-9-11-24(12-10-15)30(27,28)19-6-4-3-5-17(19)21(26)29-2/h3-8,13,15H,9-12H2,1-2H3,(H,23,25). The molecule has 0 atom stereocenters. The van der Waals surface area contributed by atoms with E-state index in [0.29, 0.717) is 24.1 Å². The molecule has 160 valence electrons. The number of hydrogen-bond acceptors (Lipinski definition) is 5. The van der Waals surface area contributed by atoms with Gasteiger partial charge >= 0.3 is 5.97 Å². The van der Waals surface area contributed by atoms with Gasteiger partial charge in [0.1, 0.15) is 5.82 Å². The van der Waals surface area contributed by atoms with Gasteiger partial charge in [-0.2, -0.15) is 4.31 Å². The molecule has 0 spiro atoms. The van der Waals surface area contributed by atoms with Crippen LogP contribution >= 0.6 is 0 Å². The van der Waals surface area contributed by atoms with E-state index in [4.69, 9.17) is 0 Å². The zero-order chi connectivity index (χ0) is 21.9. The smallest absolute Gasteiger partial charge is 0.339 e. The van der Waals surface area contributed by atoms with Crippen LogP contribution in [0, 0.1) is 18.7 Å². The van der Waals surface area contributed by atoms with Crippen molar-refractivity contribution < 1.29 is 27.1 Å². The highest BCUT2D eigenvalue weighted by Crippen LogP contribution is 2.27. The lowest BCUT2D eigenvalue weighted by Crippen LogP contribution is -2.41. The van der Waals surface area contributed by atoms with Crippen molar-refractivity contribution in [3.8, 4) is 0 Å². The van der Waals surface area contributed by atoms with Crippen molar-refractivity contribution in [2.24, 2.45) is 5.92 Å². The van der Waals surface area contributed by atoms with Gasteiger partial charge in [-0.3, -0.25) is 4.79 Å². The molecule has 3 rings (SSSR count). The summed E-state index contributed by atoms with van der Waals surface area (Å²) < 4.78 is 45.7. The summed E-state index contributed by atoms with van der Waals surface area (Å²) in [6.07, 6.45) is 0.638. The molecule has 7 nitrogen and oxygen atoms in total. The third-order valence-corrected chi connectivity index (χ3v) is 7.13. The maximum atomic E-state index is 13.7. The van der Waals surface area contributed by atoms with Crippen molar-refractivity contribution in [2.45, 2.75) is 24.7 Å². The van der Waals surface area contributed by atoms with E-state index in [1.165, 1.54) is 29.6 Å². The number of halogens is 1. The molecule has 1 aliphatic heterocycles. The minimum Gasteiger partial charge on any atom is -0.465 e. The summed E-state index contributed by atoms with van der Waals surface area (Å²) in [5.41, 5.74) is 0.824. The Bertz CT molecular complexity index is 1060. The van der Waals surface area contributed by atoms with E-state index < -0.39 is 27.7 Å². The number of aryl methyl sites for hydroxylation is 1. The molecule has 2 aromatic rings. The number of piperidine rings is 1. The predicted molar refractivity (Wildman–Crippen MR) is 109 cm³/mol. The minimum absolute atomic E-state index is 0.0266. The van der Waals surface area contributed by atoms with Crippen LogP contribution in [0.4, 0.5) is 10.1 Å². The number of benzene rings is 2. The first kappa shape index (κ1) is 21.9. The third-order valence-electron chi connectivity index (χ3n) is 5.17. The number of methoxy groups -OCH3 is 1. The molecule has 1 amide bonds. The molecule has 1 N–H and O–H groups in total. The highest BCUT2D eigenvalue weighted by atomic mass is 32.2. The lowest BCUT2D eigenvalue weighted by molar-refractivity contribution is -0.120. The Labute approximate surface area is 174 Å². The maximum Gasteiger partial charge on any atom is 0.339 e. The van der Waals surface area contributed by atoms with Crippen LogP contribution in [0.3, 0.4) is 0 Å². The van der Waals surface area contributed by atoms with E-state index in [1.807, 2.05) is 0 Å². The number of rotatable bonds is 5. The fraction of sp³-hybridized carbons (Fsp3) is 0.333. The van der Waals surface area contributed by atoms with Gasteiger partial charge < -0.3 is 10.1 Å². The van der Waals surface area contributed by atoms with Crippen LogP contribution in [0.2, 0.25) is 0 Å². The fourth-order valence-electron chi connectivity index (χ4n) is 3.38. The second-order valence-corrected chi connectivity index (χ2v) is 9.03. The molecule has 0 aliphatic carbocycles. The summed E-state index contributed by atoms with van der Waals surface area (Å²) in [6, 6.07) is 10.3. The molecule has 0 unspecified atom stereocenters. The van der Waals surface area contributed by atoms with Gasteiger partial charge in [0, 0.05) is 24.7 Å². The van der Waals surface area contributed by atoms with Gasteiger partial charge in [0.15, 0.2) is 0 Å². The number of esters is 1. The summed E-state index contributed by atoms with van der Waals surface area (Å²) in [6.45, 7) is 1.91. The first-order valence-electron chi connectivity index (χ1n) is 9.48. The molecule has 1 saturated heterocycles. The van der Waals surface area contributed by atoms with Crippen molar-refractivity contribution in [3.05, 3.63) is 59.4 Å². The third kappa shape index (κ3) is 4.52. The van der Waals surface area contributed by atoms with E-state index in [-0.39, 0.29) is 29.5 Å². The van der Waals surface area contributed by atoms with Crippen molar-refractivity contribution in [3.63, 3.8) is 0 Å². The molecule has 0 radical (unpaired) electrons. The summed E-state index contributed by atoms with van der Waals surface area (Å²) in [5, 5.41) is 2.69. The molecule has 0 bridgehead atoms. The van der Waals surface area contributed by atoms with Crippen LogP contribution in [-0.4, -0.2) is 44.8 Å². The van der Waals surface area contributed by atoms with Gasteiger partial charge in [0.2, 0.25) is 15.9 Å². The Balaban J connectivity index is 1.68. The normalized spacial score (nSPS) is 15.6. The zero-order valence-electron chi connectivity index (χ0n) is 16.7. The van der Waals surface area contributed by atoms with Crippen molar-refractivity contribution in [1.29, 1.82) is 0 Å². The Morgan fingerprint density at radius 2 is 1.80 bits per heavy atom. The molecule has 0 aromatic heterocycles. The van der Waals surface area contributed by atoms with Crippen LogP contribution in [0.15, 0.2) is 47.4 Å². The first-order valence-corrected chi connectivity index (χ1v) is 10.9. The van der Waals surface area contributed by atoms with Crippen LogP contribution in [0.25, 0.3) is 0 Å². The average molecular weight is 434 g/mol. The predicted octanol–water partition coefficient (Wildman–Crippen LogP) is 2.96. The zero-order valence-corrected chi connectivity index (χ0v) is 17.5. The number of anilines is 1. The van der Waals surface area contributed by atoms with E-state index in [2.05, 4.69) is 10.1 Å². The monoisotopic (exact) mass is 434 g/mol. The topological polar surface area (TPSA) is 92.8 Å². The van der Waals surface area contributed by atoms with Gasteiger partial charge in [-0.1, -0.05) is 18.2 Å². The van der Waals surface area contributed by atoms with Gasteiger partial charge in [-0.25, -0.2) is 17.6 Å². The molecule has 1 aliphatic rings. The number of sulfonamides is 1. The van der Waals surface area contributed by atoms with Crippen LogP contribution in [0.1, 0.15) is 28.8 Å². The second kappa shape index (κ2) is 8.93. The van der Waals surface area contributed by atoms with Crippen molar-refractivity contribution >= 4 is 27.6 Å². The lowest BCUT2D eigenvalue weighted by atomic mass is 9.97. The quantitative estimate of drug-likeness (QED) is 0.731. The largest absolute Gasteiger partial charge is 0.465 e. The van der Waals surface area contributed by atoms with Gasteiger partial charge in [-0.05, 0) is 49.6 Å². The summed E-state index contributed by atoms with van der Waals surface area (Å²) >= 11 is 0. The molecule has 30 heavy (non-hydrogen) atoms. The van der Waals surface area contributed by atoms with Crippen molar-refractivity contribution in [1.82, 2.24) is 4.31 Å². The van der Waals surface area contributed by atoms with Crippen LogP contribution in [0.5, 0.6) is 0 Å². The molecule has 2 aromatic carbocycles.